The van der Waals surface area contributed by atoms with Gasteiger partial charge >= 0.3 is 5.97 Å². The SMILES string of the molecule is C[C@@H]1C[C@H](C)CN(C(=O)[C@@H](C)OC(=O)c2ccc3nc(N)sc3c2)C1. The second-order valence-electron chi connectivity index (χ2n) is 6.97. The van der Waals surface area contributed by atoms with Crippen molar-refractivity contribution < 1.29 is 14.3 Å². The first-order valence-corrected chi connectivity index (χ1v) is 9.31. The van der Waals surface area contributed by atoms with Gasteiger partial charge in [-0.25, -0.2) is 9.78 Å². The molecule has 2 aromatic rings. The third-order valence-corrected chi connectivity index (χ3v) is 5.30. The number of piperidine rings is 1. The maximum atomic E-state index is 12.6. The number of hydrogen-bond acceptors (Lipinski definition) is 6. The molecule has 0 saturated carbocycles. The standard InChI is InChI=1S/C18H23N3O3S/c1-10-6-11(2)9-21(8-10)16(22)12(3)24-17(23)13-4-5-14-15(7-13)25-18(19)20-14/h4-5,7,10-12H,6,8-9H2,1-3H3,(H2,19,20)/t10-,11+,12-/m1/s1. The van der Waals surface area contributed by atoms with Crippen LogP contribution in [-0.2, 0) is 9.53 Å². The van der Waals surface area contributed by atoms with Crippen LogP contribution in [0.4, 0.5) is 5.13 Å². The number of thiazole rings is 1. The molecule has 3 rings (SSSR count). The van der Waals surface area contributed by atoms with Gasteiger partial charge in [0, 0.05) is 13.1 Å². The van der Waals surface area contributed by atoms with Crippen LogP contribution in [0.25, 0.3) is 10.2 Å². The van der Waals surface area contributed by atoms with Crippen molar-refractivity contribution in [2.24, 2.45) is 11.8 Å². The molecular formula is C18H23N3O3S. The molecule has 1 saturated heterocycles. The zero-order chi connectivity index (χ0) is 18.1. The van der Waals surface area contributed by atoms with E-state index in [-0.39, 0.29) is 5.91 Å². The van der Waals surface area contributed by atoms with Crippen LogP contribution < -0.4 is 5.73 Å². The Morgan fingerprint density at radius 1 is 1.32 bits per heavy atom. The molecule has 0 bridgehead atoms. The number of rotatable bonds is 3. The summed E-state index contributed by atoms with van der Waals surface area (Å²) in [4.78, 5) is 30.9. The molecule has 7 heteroatoms. The van der Waals surface area contributed by atoms with Crippen molar-refractivity contribution in [2.75, 3.05) is 18.8 Å². The summed E-state index contributed by atoms with van der Waals surface area (Å²) in [6.07, 6.45) is 0.322. The average Bonchev–Trinajstić information content (AvgIpc) is 2.92. The third-order valence-electron chi connectivity index (χ3n) is 4.45. The highest BCUT2D eigenvalue weighted by atomic mass is 32.1. The Hall–Kier alpha value is -2.15. The Kier molecular flexibility index (Phi) is 4.94. The molecular weight excluding hydrogens is 338 g/mol. The minimum Gasteiger partial charge on any atom is -0.449 e. The average molecular weight is 361 g/mol. The van der Waals surface area contributed by atoms with E-state index in [1.54, 1.807) is 25.1 Å². The van der Waals surface area contributed by atoms with E-state index in [2.05, 4.69) is 18.8 Å². The zero-order valence-corrected chi connectivity index (χ0v) is 15.5. The number of carbonyl (C=O) groups is 2. The van der Waals surface area contributed by atoms with Crippen molar-refractivity contribution in [1.82, 2.24) is 9.88 Å². The van der Waals surface area contributed by atoms with Gasteiger partial charge in [-0.05, 0) is 43.4 Å². The molecule has 1 aliphatic rings. The van der Waals surface area contributed by atoms with E-state index in [0.29, 0.717) is 22.5 Å². The third kappa shape index (κ3) is 3.92. The number of esters is 1. The van der Waals surface area contributed by atoms with Gasteiger partial charge in [-0.15, -0.1) is 0 Å². The summed E-state index contributed by atoms with van der Waals surface area (Å²) in [5.74, 6) is 0.298. The number of anilines is 1. The summed E-state index contributed by atoms with van der Waals surface area (Å²) in [6.45, 7) is 7.35. The molecule has 134 valence electrons. The van der Waals surface area contributed by atoms with E-state index in [0.717, 1.165) is 29.7 Å². The first-order chi connectivity index (χ1) is 11.8. The van der Waals surface area contributed by atoms with E-state index in [9.17, 15) is 9.59 Å². The number of fused-ring (bicyclic) bond motifs is 1. The van der Waals surface area contributed by atoms with Gasteiger partial charge in [0.1, 0.15) is 0 Å². The maximum absolute atomic E-state index is 12.6. The van der Waals surface area contributed by atoms with Gasteiger partial charge < -0.3 is 15.4 Å². The molecule has 6 nitrogen and oxygen atoms in total. The number of aromatic nitrogens is 1. The predicted molar refractivity (Wildman–Crippen MR) is 98.4 cm³/mol. The number of hydrogen-bond donors (Lipinski definition) is 1. The lowest BCUT2D eigenvalue weighted by Crippen LogP contribution is -2.47. The van der Waals surface area contributed by atoms with Crippen molar-refractivity contribution in [3.05, 3.63) is 23.8 Å². The van der Waals surface area contributed by atoms with E-state index in [1.807, 2.05) is 4.90 Å². The summed E-state index contributed by atoms with van der Waals surface area (Å²) in [5.41, 5.74) is 6.83. The van der Waals surface area contributed by atoms with Crippen LogP contribution >= 0.6 is 11.3 Å². The molecule has 1 aromatic carbocycles. The van der Waals surface area contributed by atoms with Gasteiger partial charge in [0.15, 0.2) is 11.2 Å². The molecule has 25 heavy (non-hydrogen) atoms. The number of carbonyl (C=O) groups excluding carboxylic acids is 2. The summed E-state index contributed by atoms with van der Waals surface area (Å²) >= 11 is 1.32. The Labute approximate surface area is 151 Å². The fraction of sp³-hybridized carbons (Fsp3) is 0.500. The minimum absolute atomic E-state index is 0.130. The summed E-state index contributed by atoms with van der Waals surface area (Å²) in [5, 5.41) is 0.456. The number of benzene rings is 1. The van der Waals surface area contributed by atoms with Crippen LogP contribution in [0.5, 0.6) is 0 Å². The number of likely N-dealkylation sites (tertiary alicyclic amines) is 1. The highest BCUT2D eigenvalue weighted by Gasteiger charge is 2.30. The molecule has 1 amide bonds. The Morgan fingerprint density at radius 2 is 2.00 bits per heavy atom. The predicted octanol–water partition coefficient (Wildman–Crippen LogP) is 2.93. The Balaban J connectivity index is 1.67. The molecule has 0 spiro atoms. The van der Waals surface area contributed by atoms with Gasteiger partial charge in [0.25, 0.3) is 5.91 Å². The number of amides is 1. The lowest BCUT2D eigenvalue weighted by atomic mass is 9.91. The summed E-state index contributed by atoms with van der Waals surface area (Å²) in [7, 11) is 0. The molecule has 0 radical (unpaired) electrons. The number of nitrogen functional groups attached to an aromatic ring is 1. The van der Waals surface area contributed by atoms with Crippen LogP contribution in [0.15, 0.2) is 18.2 Å². The maximum Gasteiger partial charge on any atom is 0.338 e. The molecule has 1 fully saturated rings. The number of ether oxygens (including phenoxy) is 1. The van der Waals surface area contributed by atoms with Crippen LogP contribution in [0.1, 0.15) is 37.6 Å². The van der Waals surface area contributed by atoms with Crippen molar-refractivity contribution in [2.45, 2.75) is 33.3 Å². The molecule has 0 unspecified atom stereocenters. The van der Waals surface area contributed by atoms with E-state index in [4.69, 9.17) is 10.5 Å². The van der Waals surface area contributed by atoms with E-state index >= 15 is 0 Å². The first-order valence-electron chi connectivity index (χ1n) is 8.49. The van der Waals surface area contributed by atoms with Crippen molar-refractivity contribution in [3.63, 3.8) is 0 Å². The van der Waals surface area contributed by atoms with Gasteiger partial charge in [-0.2, -0.15) is 0 Å². The molecule has 0 aliphatic carbocycles. The second kappa shape index (κ2) is 7.00. The van der Waals surface area contributed by atoms with Crippen LogP contribution in [0.3, 0.4) is 0 Å². The van der Waals surface area contributed by atoms with Crippen LogP contribution in [0.2, 0.25) is 0 Å². The van der Waals surface area contributed by atoms with Gasteiger partial charge in [-0.3, -0.25) is 4.79 Å². The van der Waals surface area contributed by atoms with Gasteiger partial charge in [-0.1, -0.05) is 25.2 Å². The second-order valence-corrected chi connectivity index (χ2v) is 8.03. The quantitative estimate of drug-likeness (QED) is 0.850. The lowest BCUT2D eigenvalue weighted by Gasteiger charge is -2.36. The minimum atomic E-state index is -0.799. The highest BCUT2D eigenvalue weighted by Crippen LogP contribution is 2.25. The zero-order valence-electron chi connectivity index (χ0n) is 14.7. The summed E-state index contributed by atoms with van der Waals surface area (Å²) < 4.78 is 6.22. The van der Waals surface area contributed by atoms with E-state index < -0.39 is 12.1 Å². The Morgan fingerprint density at radius 3 is 2.68 bits per heavy atom. The normalized spacial score (nSPS) is 22.0. The van der Waals surface area contributed by atoms with Crippen molar-refractivity contribution >= 4 is 38.6 Å². The molecule has 2 heterocycles. The van der Waals surface area contributed by atoms with E-state index in [1.165, 1.54) is 11.3 Å². The fourth-order valence-corrected chi connectivity index (χ4v) is 4.22. The van der Waals surface area contributed by atoms with Gasteiger partial charge in [0.2, 0.25) is 0 Å². The lowest BCUT2D eigenvalue weighted by molar-refractivity contribution is -0.142. The topological polar surface area (TPSA) is 85.5 Å². The molecule has 2 N–H and O–H groups in total. The fourth-order valence-electron chi connectivity index (χ4n) is 3.45. The monoisotopic (exact) mass is 361 g/mol. The number of nitrogens with zero attached hydrogens (tertiary/aromatic N) is 2. The highest BCUT2D eigenvalue weighted by molar-refractivity contribution is 7.22. The molecule has 3 atom stereocenters. The van der Waals surface area contributed by atoms with Crippen molar-refractivity contribution in [1.29, 1.82) is 0 Å². The van der Waals surface area contributed by atoms with Crippen LogP contribution in [0, 0.1) is 11.8 Å². The summed E-state index contributed by atoms with van der Waals surface area (Å²) in [6, 6.07) is 5.08. The van der Waals surface area contributed by atoms with Gasteiger partial charge in [0.05, 0.1) is 15.8 Å². The van der Waals surface area contributed by atoms with Crippen LogP contribution in [-0.4, -0.2) is 41.0 Å². The van der Waals surface area contributed by atoms with Crippen molar-refractivity contribution in [3.8, 4) is 0 Å². The largest absolute Gasteiger partial charge is 0.449 e. The smallest absolute Gasteiger partial charge is 0.338 e. The number of nitrogens with two attached hydrogens (primary N) is 1. The Bertz CT molecular complexity index is 794. The molecule has 1 aromatic heterocycles. The molecule has 1 aliphatic heterocycles. The first kappa shape index (κ1) is 17.7.